The van der Waals surface area contributed by atoms with Gasteiger partial charge < -0.3 is 10.2 Å². The molecule has 3 aromatic carbocycles. The van der Waals surface area contributed by atoms with Crippen LogP contribution in [0.5, 0.6) is 0 Å². The Morgan fingerprint density at radius 2 is 1.51 bits per heavy atom. The summed E-state index contributed by atoms with van der Waals surface area (Å²) in [5, 5.41) is 3.16. The minimum atomic E-state index is -0.232. The van der Waals surface area contributed by atoms with Crippen LogP contribution in [0, 0.1) is 0 Å². The van der Waals surface area contributed by atoms with Crippen LogP contribution in [0.1, 0.15) is 70.0 Å². The van der Waals surface area contributed by atoms with Gasteiger partial charge in [0.1, 0.15) is 0 Å². The largest absolute Gasteiger partial charge is 0.345 e. The Morgan fingerprint density at radius 3 is 2.21 bits per heavy atom. The molecule has 2 amide bonds. The lowest BCUT2D eigenvalue weighted by Gasteiger charge is -2.31. The van der Waals surface area contributed by atoms with Crippen LogP contribution in [0.2, 0.25) is 0 Å². The second-order valence-electron chi connectivity index (χ2n) is 10.2. The molecule has 0 saturated heterocycles. The number of amides is 2. The van der Waals surface area contributed by atoms with Crippen LogP contribution >= 0.6 is 0 Å². The highest BCUT2D eigenvalue weighted by Gasteiger charge is 2.23. The lowest BCUT2D eigenvalue weighted by atomic mass is 9.94. The summed E-state index contributed by atoms with van der Waals surface area (Å²) < 4.78 is 0. The van der Waals surface area contributed by atoms with Gasteiger partial charge in [-0.05, 0) is 42.5 Å². The summed E-state index contributed by atoms with van der Waals surface area (Å²) >= 11 is 0. The third-order valence-corrected chi connectivity index (χ3v) is 7.51. The first-order chi connectivity index (χ1) is 19.1. The second kappa shape index (κ2) is 12.5. The van der Waals surface area contributed by atoms with Crippen LogP contribution in [-0.2, 0) is 6.42 Å². The molecule has 0 aliphatic heterocycles. The number of hydrogen-bond donors (Lipinski definition) is 1. The maximum absolute atomic E-state index is 13.2. The Hall–Kier alpha value is -4.32. The maximum Gasteiger partial charge on any atom is 0.254 e. The van der Waals surface area contributed by atoms with E-state index in [0.29, 0.717) is 29.4 Å². The molecule has 1 heterocycles. The molecule has 1 aliphatic rings. The lowest BCUT2D eigenvalue weighted by Crippen LogP contribution is -2.38. The van der Waals surface area contributed by atoms with E-state index >= 15 is 0 Å². The molecule has 1 unspecified atom stereocenters. The van der Waals surface area contributed by atoms with Crippen molar-refractivity contribution in [1.82, 2.24) is 20.2 Å². The molecule has 6 nitrogen and oxygen atoms in total. The zero-order chi connectivity index (χ0) is 27.0. The van der Waals surface area contributed by atoms with E-state index in [4.69, 9.17) is 0 Å². The summed E-state index contributed by atoms with van der Waals surface area (Å²) in [6, 6.07) is 27.6. The molecule has 1 fully saturated rings. The highest BCUT2D eigenvalue weighted by atomic mass is 16.2. The molecular weight excluding hydrogens is 484 g/mol. The number of nitrogens with zero attached hydrogens (tertiary/aromatic N) is 3. The predicted octanol–water partition coefficient (Wildman–Crippen LogP) is 6.26. The van der Waals surface area contributed by atoms with Crippen molar-refractivity contribution in [3.05, 3.63) is 120 Å². The molecule has 1 saturated carbocycles. The van der Waals surface area contributed by atoms with E-state index in [1.165, 1.54) is 19.3 Å². The van der Waals surface area contributed by atoms with Gasteiger partial charge in [-0.2, -0.15) is 0 Å². The van der Waals surface area contributed by atoms with E-state index in [1.807, 2.05) is 84.7 Å². The first-order valence-corrected chi connectivity index (χ1v) is 13.7. The normalized spacial score (nSPS) is 14.4. The van der Waals surface area contributed by atoms with Crippen molar-refractivity contribution < 1.29 is 9.59 Å². The Bertz CT molecular complexity index is 1380. The lowest BCUT2D eigenvalue weighted by molar-refractivity contribution is 0.0696. The highest BCUT2D eigenvalue weighted by Crippen LogP contribution is 2.24. The average molecular weight is 519 g/mol. The van der Waals surface area contributed by atoms with Crippen molar-refractivity contribution in [2.24, 2.45) is 0 Å². The number of hydrogen-bond acceptors (Lipinski definition) is 4. The van der Waals surface area contributed by atoms with Crippen molar-refractivity contribution in [2.75, 3.05) is 7.05 Å². The van der Waals surface area contributed by atoms with Crippen molar-refractivity contribution in [1.29, 1.82) is 0 Å². The fourth-order valence-electron chi connectivity index (χ4n) is 5.25. The van der Waals surface area contributed by atoms with E-state index in [-0.39, 0.29) is 17.9 Å². The first-order valence-electron chi connectivity index (χ1n) is 13.7. The molecular formula is C33H34N4O2. The van der Waals surface area contributed by atoms with Gasteiger partial charge in [-0.25, -0.2) is 9.97 Å². The van der Waals surface area contributed by atoms with E-state index < -0.39 is 0 Å². The quantitative estimate of drug-likeness (QED) is 0.299. The number of carbonyl (C=O) groups is 2. The minimum absolute atomic E-state index is 0.0186. The SMILES string of the molecule is CN(C(=O)c1cccc(-c2ncc(C(=O)NC(Cc3ccccc3)c3ccccc3)cn2)c1)C1CCCCC1. The van der Waals surface area contributed by atoms with Gasteiger partial charge in [0.25, 0.3) is 11.8 Å². The summed E-state index contributed by atoms with van der Waals surface area (Å²) in [6.45, 7) is 0. The van der Waals surface area contributed by atoms with Crippen molar-refractivity contribution in [3.63, 3.8) is 0 Å². The van der Waals surface area contributed by atoms with Gasteiger partial charge in [0, 0.05) is 36.6 Å². The molecule has 1 atom stereocenters. The van der Waals surface area contributed by atoms with E-state index in [1.54, 1.807) is 12.4 Å². The molecule has 0 bridgehead atoms. The monoisotopic (exact) mass is 518 g/mol. The number of nitrogens with one attached hydrogen (secondary N) is 1. The molecule has 4 aromatic rings. The topological polar surface area (TPSA) is 75.2 Å². The summed E-state index contributed by atoms with van der Waals surface area (Å²) in [4.78, 5) is 37.2. The van der Waals surface area contributed by atoms with Crippen molar-refractivity contribution in [3.8, 4) is 11.4 Å². The minimum Gasteiger partial charge on any atom is -0.345 e. The smallest absolute Gasteiger partial charge is 0.254 e. The molecule has 6 heteroatoms. The fourth-order valence-corrected chi connectivity index (χ4v) is 5.25. The summed E-state index contributed by atoms with van der Waals surface area (Å²) in [5.41, 5.74) is 3.93. The van der Waals surface area contributed by atoms with E-state index in [9.17, 15) is 9.59 Å². The van der Waals surface area contributed by atoms with Gasteiger partial charge in [-0.3, -0.25) is 9.59 Å². The molecule has 0 radical (unpaired) electrons. The number of rotatable bonds is 8. The molecule has 1 N–H and O–H groups in total. The maximum atomic E-state index is 13.2. The van der Waals surface area contributed by atoms with Crippen molar-refractivity contribution >= 4 is 11.8 Å². The van der Waals surface area contributed by atoms with E-state index in [2.05, 4.69) is 27.4 Å². The number of benzene rings is 3. The Kier molecular flexibility index (Phi) is 8.42. The third-order valence-electron chi connectivity index (χ3n) is 7.51. The van der Waals surface area contributed by atoms with Crippen molar-refractivity contribution in [2.45, 2.75) is 50.6 Å². The molecule has 1 aliphatic carbocycles. The van der Waals surface area contributed by atoms with Crippen LogP contribution in [0.4, 0.5) is 0 Å². The molecule has 39 heavy (non-hydrogen) atoms. The molecule has 5 rings (SSSR count). The zero-order valence-corrected chi connectivity index (χ0v) is 22.3. The zero-order valence-electron chi connectivity index (χ0n) is 22.3. The highest BCUT2D eigenvalue weighted by molar-refractivity contribution is 5.95. The summed E-state index contributed by atoms with van der Waals surface area (Å²) in [5.74, 6) is 0.264. The Morgan fingerprint density at radius 1 is 0.846 bits per heavy atom. The first kappa shape index (κ1) is 26.3. The summed E-state index contributed by atoms with van der Waals surface area (Å²) in [7, 11) is 1.90. The van der Waals surface area contributed by atoms with E-state index in [0.717, 1.165) is 29.5 Å². The number of aromatic nitrogens is 2. The van der Waals surface area contributed by atoms with Crippen LogP contribution in [0.3, 0.4) is 0 Å². The van der Waals surface area contributed by atoms with Gasteiger partial charge in [-0.1, -0.05) is 92.1 Å². The molecule has 0 spiro atoms. The fraction of sp³-hybridized carbons (Fsp3) is 0.273. The van der Waals surface area contributed by atoms with Crippen LogP contribution in [0.15, 0.2) is 97.3 Å². The average Bonchev–Trinajstić information content (AvgIpc) is 3.01. The van der Waals surface area contributed by atoms with Crippen LogP contribution < -0.4 is 5.32 Å². The number of carbonyl (C=O) groups excluding carboxylic acids is 2. The van der Waals surface area contributed by atoms with Gasteiger partial charge in [0.05, 0.1) is 11.6 Å². The second-order valence-corrected chi connectivity index (χ2v) is 10.2. The molecule has 1 aromatic heterocycles. The van der Waals surface area contributed by atoms with Crippen LogP contribution in [0.25, 0.3) is 11.4 Å². The Labute approximate surface area is 230 Å². The van der Waals surface area contributed by atoms with Gasteiger partial charge in [0.15, 0.2) is 5.82 Å². The standard InChI is InChI=1S/C33H34N4O2/c1-37(29-18-9-4-10-19-29)33(39)27-17-11-16-26(21-27)31-34-22-28(23-35-31)32(38)36-30(25-14-7-3-8-15-25)20-24-12-5-2-6-13-24/h2-3,5-8,11-17,21-23,29-30H,4,9-10,18-20H2,1H3,(H,36,38). The van der Waals surface area contributed by atoms with Crippen LogP contribution in [-0.4, -0.2) is 39.8 Å². The Balaban J connectivity index is 1.29. The third kappa shape index (κ3) is 6.58. The summed E-state index contributed by atoms with van der Waals surface area (Å²) in [6.07, 6.45) is 9.49. The van der Waals surface area contributed by atoms with Gasteiger partial charge in [0.2, 0.25) is 0 Å². The van der Waals surface area contributed by atoms with Gasteiger partial charge in [-0.15, -0.1) is 0 Å². The molecule has 198 valence electrons. The van der Waals surface area contributed by atoms with Gasteiger partial charge >= 0.3 is 0 Å². The predicted molar refractivity (Wildman–Crippen MR) is 153 cm³/mol.